The van der Waals surface area contributed by atoms with Crippen LogP contribution in [-0.2, 0) is 19.6 Å². The molecule has 1 N–H and O–H groups in total. The highest BCUT2D eigenvalue weighted by atomic mass is 19.1. The van der Waals surface area contributed by atoms with Crippen molar-refractivity contribution in [1.82, 2.24) is 30.1 Å². The molecule has 0 saturated heterocycles. The highest BCUT2D eigenvalue weighted by Crippen LogP contribution is 2.27. The molecule has 0 amide bonds. The van der Waals surface area contributed by atoms with E-state index in [-0.39, 0.29) is 23.2 Å². The fourth-order valence-electron chi connectivity index (χ4n) is 5.10. The van der Waals surface area contributed by atoms with Crippen LogP contribution in [0.1, 0.15) is 53.0 Å². The lowest BCUT2D eigenvalue weighted by Crippen LogP contribution is -2.32. The van der Waals surface area contributed by atoms with Crippen molar-refractivity contribution in [3.8, 4) is 0 Å². The van der Waals surface area contributed by atoms with E-state index in [9.17, 15) is 13.6 Å². The standard InChI is InChI=1S/C30H30F2N6O/c1-4-27(29-34-35-36-38(29)17-22-7-11-26(32)12-8-22)37(16-21-5-9-25(31)10-6-21)18-24-15-23-14-19(2)13-20(3)28(23)33-30(24)39/h5-15,27H,4,16-18H2,1-3H3,(H,33,39)/t27-/m1/s1. The maximum Gasteiger partial charge on any atom is 0.252 e. The zero-order valence-electron chi connectivity index (χ0n) is 22.2. The van der Waals surface area contributed by atoms with Crippen molar-refractivity contribution in [2.75, 3.05) is 0 Å². The minimum Gasteiger partial charge on any atom is -0.321 e. The largest absolute Gasteiger partial charge is 0.321 e. The molecule has 2 heterocycles. The molecular formula is C30H30F2N6O. The zero-order valence-corrected chi connectivity index (χ0v) is 22.2. The SMILES string of the molecule is CC[C@H](c1nnnn1Cc1ccc(F)cc1)N(Cc1ccc(F)cc1)Cc1cc2cc(C)cc(C)c2[nH]c1=O. The van der Waals surface area contributed by atoms with Crippen LogP contribution in [0.2, 0.25) is 0 Å². The van der Waals surface area contributed by atoms with Crippen molar-refractivity contribution < 1.29 is 8.78 Å². The topological polar surface area (TPSA) is 79.7 Å². The van der Waals surface area contributed by atoms with Gasteiger partial charge in [0.15, 0.2) is 5.82 Å². The van der Waals surface area contributed by atoms with Crippen LogP contribution in [0.5, 0.6) is 0 Å². The molecule has 0 bridgehead atoms. The second-order valence-corrected chi connectivity index (χ2v) is 9.95. The van der Waals surface area contributed by atoms with Crippen LogP contribution in [0.3, 0.4) is 0 Å². The summed E-state index contributed by atoms with van der Waals surface area (Å²) in [5.74, 6) is 0.0173. The molecule has 0 radical (unpaired) electrons. The maximum atomic E-state index is 13.7. The number of aryl methyl sites for hydroxylation is 2. The summed E-state index contributed by atoms with van der Waals surface area (Å²) in [6.07, 6.45) is 0.661. The van der Waals surface area contributed by atoms with Crippen LogP contribution in [0.15, 0.2) is 71.5 Å². The molecule has 5 rings (SSSR count). The summed E-state index contributed by atoms with van der Waals surface area (Å²) >= 11 is 0. The fraction of sp³-hybridized carbons (Fsp3) is 0.267. The second-order valence-electron chi connectivity index (χ2n) is 9.95. The van der Waals surface area contributed by atoms with Gasteiger partial charge in [0.05, 0.1) is 18.1 Å². The number of pyridine rings is 1. The summed E-state index contributed by atoms with van der Waals surface area (Å²) in [5.41, 5.74) is 5.19. The predicted octanol–water partition coefficient (Wildman–Crippen LogP) is 5.61. The third-order valence-corrected chi connectivity index (χ3v) is 6.97. The van der Waals surface area contributed by atoms with Gasteiger partial charge in [0, 0.05) is 18.7 Å². The Morgan fingerprint density at radius 1 is 0.923 bits per heavy atom. The first-order chi connectivity index (χ1) is 18.8. The third kappa shape index (κ3) is 5.93. The van der Waals surface area contributed by atoms with E-state index in [0.29, 0.717) is 37.4 Å². The van der Waals surface area contributed by atoms with E-state index in [4.69, 9.17) is 0 Å². The summed E-state index contributed by atoms with van der Waals surface area (Å²) < 4.78 is 28.8. The molecule has 0 aliphatic rings. The maximum absolute atomic E-state index is 13.7. The molecule has 200 valence electrons. The van der Waals surface area contributed by atoms with Gasteiger partial charge in [-0.05, 0) is 89.2 Å². The molecule has 9 heteroatoms. The number of nitrogens with one attached hydrogen (secondary N) is 1. The minimum atomic E-state index is -0.308. The Kier molecular flexibility index (Phi) is 7.60. The zero-order chi connectivity index (χ0) is 27.5. The molecule has 7 nitrogen and oxygen atoms in total. The molecular weight excluding hydrogens is 498 g/mol. The molecule has 0 aliphatic carbocycles. The number of hydrogen-bond donors (Lipinski definition) is 1. The van der Waals surface area contributed by atoms with Crippen molar-refractivity contribution in [2.24, 2.45) is 0 Å². The van der Waals surface area contributed by atoms with Gasteiger partial charge in [0.1, 0.15) is 11.6 Å². The van der Waals surface area contributed by atoms with Gasteiger partial charge < -0.3 is 4.98 Å². The van der Waals surface area contributed by atoms with Gasteiger partial charge in [-0.2, -0.15) is 0 Å². The smallest absolute Gasteiger partial charge is 0.252 e. The number of tetrazole rings is 1. The molecule has 0 aliphatic heterocycles. The Bertz CT molecular complexity index is 1640. The van der Waals surface area contributed by atoms with Crippen molar-refractivity contribution in [2.45, 2.75) is 52.9 Å². The van der Waals surface area contributed by atoms with Crippen LogP contribution < -0.4 is 5.56 Å². The third-order valence-electron chi connectivity index (χ3n) is 6.97. The van der Waals surface area contributed by atoms with E-state index in [1.165, 1.54) is 24.3 Å². The van der Waals surface area contributed by atoms with E-state index >= 15 is 0 Å². The van der Waals surface area contributed by atoms with Gasteiger partial charge in [-0.3, -0.25) is 9.69 Å². The van der Waals surface area contributed by atoms with Gasteiger partial charge in [-0.1, -0.05) is 42.8 Å². The fourth-order valence-corrected chi connectivity index (χ4v) is 5.10. The van der Waals surface area contributed by atoms with Crippen LogP contribution in [0.25, 0.3) is 10.9 Å². The van der Waals surface area contributed by atoms with Crippen molar-refractivity contribution in [3.63, 3.8) is 0 Å². The Balaban J connectivity index is 1.53. The predicted molar refractivity (Wildman–Crippen MR) is 146 cm³/mol. The molecule has 3 aromatic carbocycles. The lowest BCUT2D eigenvalue weighted by atomic mass is 10.0. The van der Waals surface area contributed by atoms with E-state index in [1.807, 2.05) is 32.9 Å². The van der Waals surface area contributed by atoms with Gasteiger partial charge in [-0.15, -0.1) is 5.10 Å². The lowest BCUT2D eigenvalue weighted by molar-refractivity contribution is 0.161. The Morgan fingerprint density at radius 2 is 1.59 bits per heavy atom. The van der Waals surface area contributed by atoms with E-state index in [1.54, 1.807) is 28.9 Å². The number of aromatic nitrogens is 5. The summed E-state index contributed by atoms with van der Waals surface area (Å²) in [4.78, 5) is 18.4. The number of H-pyrrole nitrogens is 1. The quantitative estimate of drug-likeness (QED) is 0.269. The Hall–Kier alpha value is -4.24. The monoisotopic (exact) mass is 528 g/mol. The Morgan fingerprint density at radius 3 is 2.26 bits per heavy atom. The minimum absolute atomic E-state index is 0.153. The van der Waals surface area contributed by atoms with Crippen LogP contribution in [0, 0.1) is 25.5 Å². The molecule has 1 atom stereocenters. The number of aromatic amines is 1. The molecule has 5 aromatic rings. The summed E-state index contributed by atoms with van der Waals surface area (Å²) in [7, 11) is 0. The first-order valence-electron chi connectivity index (χ1n) is 12.9. The van der Waals surface area contributed by atoms with Crippen LogP contribution in [0.4, 0.5) is 8.78 Å². The first-order valence-corrected chi connectivity index (χ1v) is 12.9. The lowest BCUT2D eigenvalue weighted by Gasteiger charge is -2.30. The number of halogens is 2. The molecule has 0 unspecified atom stereocenters. The van der Waals surface area contributed by atoms with Crippen LogP contribution >= 0.6 is 0 Å². The average Bonchev–Trinajstić information content (AvgIpc) is 3.35. The summed E-state index contributed by atoms with van der Waals surface area (Å²) in [6, 6.07) is 18.4. The number of fused-ring (bicyclic) bond motifs is 1. The van der Waals surface area contributed by atoms with Gasteiger partial charge in [0.2, 0.25) is 0 Å². The number of hydrogen-bond acceptors (Lipinski definition) is 5. The summed E-state index contributed by atoms with van der Waals surface area (Å²) in [5, 5.41) is 13.5. The highest BCUT2D eigenvalue weighted by molar-refractivity contribution is 5.82. The molecule has 0 spiro atoms. The molecule has 2 aromatic heterocycles. The number of rotatable bonds is 9. The van der Waals surface area contributed by atoms with Gasteiger partial charge in [0.25, 0.3) is 5.56 Å². The van der Waals surface area contributed by atoms with Crippen molar-refractivity contribution in [1.29, 1.82) is 0 Å². The van der Waals surface area contributed by atoms with Crippen LogP contribution in [-0.4, -0.2) is 30.1 Å². The van der Waals surface area contributed by atoms with Gasteiger partial charge in [-0.25, -0.2) is 13.5 Å². The molecule has 39 heavy (non-hydrogen) atoms. The molecule has 0 fully saturated rings. The van der Waals surface area contributed by atoms with Crippen molar-refractivity contribution in [3.05, 3.63) is 122 Å². The normalized spacial score (nSPS) is 12.4. The average molecular weight is 529 g/mol. The second kappa shape index (κ2) is 11.2. The van der Waals surface area contributed by atoms with E-state index < -0.39 is 0 Å². The number of benzene rings is 3. The van der Waals surface area contributed by atoms with Crippen molar-refractivity contribution >= 4 is 10.9 Å². The number of nitrogens with zero attached hydrogens (tertiary/aromatic N) is 5. The molecule has 0 saturated carbocycles. The Labute approximate surface area is 225 Å². The summed E-state index contributed by atoms with van der Waals surface area (Å²) in [6.45, 7) is 7.21. The van der Waals surface area contributed by atoms with Gasteiger partial charge >= 0.3 is 0 Å². The first kappa shape index (κ1) is 26.4. The van der Waals surface area contributed by atoms with E-state index in [2.05, 4.69) is 31.5 Å². The van der Waals surface area contributed by atoms with E-state index in [0.717, 1.165) is 33.2 Å². The highest BCUT2D eigenvalue weighted by Gasteiger charge is 2.26.